The molecule has 0 aromatic heterocycles. The van der Waals surface area contributed by atoms with E-state index in [0.29, 0.717) is 19.1 Å². The largest absolute Gasteiger partial charge is 0.379 e. The molecule has 0 saturated carbocycles. The van der Waals surface area contributed by atoms with Crippen molar-refractivity contribution < 1.29 is 9.53 Å². The second kappa shape index (κ2) is 10.6. The van der Waals surface area contributed by atoms with Crippen molar-refractivity contribution in [3.05, 3.63) is 35.4 Å². The van der Waals surface area contributed by atoms with Gasteiger partial charge in [0.25, 0.3) is 0 Å². The molecule has 0 bridgehead atoms. The number of fused-ring (bicyclic) bond motifs is 1. The van der Waals surface area contributed by atoms with Crippen LogP contribution in [0.3, 0.4) is 0 Å². The Bertz CT molecular complexity index is 723. The molecule has 1 atom stereocenters. The lowest BCUT2D eigenvalue weighted by Crippen LogP contribution is -2.48. The van der Waals surface area contributed by atoms with Crippen LogP contribution in [0.2, 0.25) is 0 Å². The first-order chi connectivity index (χ1) is 13.7. The molecule has 1 N–H and O–H groups in total. The van der Waals surface area contributed by atoms with E-state index in [1.54, 1.807) is 7.05 Å². The number of ether oxygens (including phenoxy) is 1. The zero-order valence-electron chi connectivity index (χ0n) is 17.2. The standard InChI is InChI=1S/C21H31N5O2.HI/c1-22-21(26-9-7-19(16-26)24-10-12-28-13-11-24)23-14-20(27)25-8-6-17-4-2-3-5-18(17)15-25;/h2-5,19H,6-16H2,1H3,(H,22,23);1H. The third-order valence-electron chi connectivity index (χ3n) is 6.12. The number of guanidine groups is 1. The van der Waals surface area contributed by atoms with Gasteiger partial charge in [-0.2, -0.15) is 0 Å². The van der Waals surface area contributed by atoms with Crippen molar-refractivity contribution in [3.63, 3.8) is 0 Å². The maximum atomic E-state index is 12.7. The van der Waals surface area contributed by atoms with E-state index in [4.69, 9.17) is 4.74 Å². The topological polar surface area (TPSA) is 60.4 Å². The van der Waals surface area contributed by atoms with Crippen LogP contribution in [0.1, 0.15) is 17.5 Å². The smallest absolute Gasteiger partial charge is 0.242 e. The quantitative estimate of drug-likeness (QED) is 0.374. The second-order valence-electron chi connectivity index (χ2n) is 7.77. The summed E-state index contributed by atoms with van der Waals surface area (Å²) in [5.41, 5.74) is 2.63. The first-order valence-corrected chi connectivity index (χ1v) is 10.4. The molecule has 8 heteroatoms. The van der Waals surface area contributed by atoms with Gasteiger partial charge in [-0.15, -0.1) is 24.0 Å². The lowest BCUT2D eigenvalue weighted by atomic mass is 10.00. The molecule has 3 aliphatic heterocycles. The molecule has 1 aromatic carbocycles. The number of likely N-dealkylation sites (tertiary alicyclic amines) is 1. The van der Waals surface area contributed by atoms with Gasteiger partial charge in [-0.25, -0.2) is 0 Å². The zero-order valence-corrected chi connectivity index (χ0v) is 19.5. The SMILES string of the molecule is CN=C(NCC(=O)N1CCc2ccccc2C1)N1CCC(N2CCOCC2)C1.I. The fraction of sp³-hybridized carbons (Fsp3) is 0.619. The summed E-state index contributed by atoms with van der Waals surface area (Å²) in [5, 5.41) is 3.30. The van der Waals surface area contributed by atoms with Gasteiger partial charge in [-0.1, -0.05) is 24.3 Å². The fourth-order valence-corrected chi connectivity index (χ4v) is 4.48. The number of aliphatic imine (C=N–C) groups is 1. The second-order valence-corrected chi connectivity index (χ2v) is 7.77. The summed E-state index contributed by atoms with van der Waals surface area (Å²) in [7, 11) is 1.80. The Labute approximate surface area is 190 Å². The number of nitrogens with zero attached hydrogens (tertiary/aromatic N) is 4. The Kier molecular flexibility index (Phi) is 8.14. The van der Waals surface area contributed by atoms with Crippen LogP contribution in [0.4, 0.5) is 0 Å². The predicted molar refractivity (Wildman–Crippen MR) is 125 cm³/mol. The summed E-state index contributed by atoms with van der Waals surface area (Å²) < 4.78 is 5.47. The number of carbonyl (C=O) groups is 1. The van der Waals surface area contributed by atoms with Gasteiger partial charge in [0.1, 0.15) is 0 Å². The van der Waals surface area contributed by atoms with Gasteiger partial charge in [-0.3, -0.25) is 14.7 Å². The number of nitrogens with one attached hydrogen (secondary N) is 1. The van der Waals surface area contributed by atoms with E-state index < -0.39 is 0 Å². The molecular formula is C21H32IN5O2. The van der Waals surface area contributed by atoms with Crippen LogP contribution in [0.15, 0.2) is 29.3 Å². The average molecular weight is 513 g/mol. The number of hydrogen-bond donors (Lipinski definition) is 1. The number of hydrogen-bond acceptors (Lipinski definition) is 4. The number of amides is 1. The van der Waals surface area contributed by atoms with Crippen LogP contribution >= 0.6 is 24.0 Å². The van der Waals surface area contributed by atoms with Crippen LogP contribution in [0.5, 0.6) is 0 Å². The number of benzene rings is 1. The normalized spacial score (nSPS) is 22.8. The minimum Gasteiger partial charge on any atom is -0.379 e. The van der Waals surface area contributed by atoms with Crippen molar-refractivity contribution >= 4 is 35.8 Å². The summed E-state index contributed by atoms with van der Waals surface area (Å²) in [4.78, 5) is 23.9. The van der Waals surface area contributed by atoms with Crippen LogP contribution in [-0.2, 0) is 22.5 Å². The van der Waals surface area contributed by atoms with Crippen LogP contribution in [0.25, 0.3) is 0 Å². The Morgan fingerprint density at radius 2 is 1.90 bits per heavy atom. The predicted octanol–water partition coefficient (Wildman–Crippen LogP) is 1.17. The highest BCUT2D eigenvalue weighted by atomic mass is 127. The molecule has 0 radical (unpaired) electrons. The van der Waals surface area contributed by atoms with Crippen molar-refractivity contribution in [2.45, 2.75) is 25.4 Å². The minimum atomic E-state index is 0. The van der Waals surface area contributed by atoms with Crippen molar-refractivity contribution in [1.29, 1.82) is 0 Å². The van der Waals surface area contributed by atoms with Crippen molar-refractivity contribution in [3.8, 4) is 0 Å². The third-order valence-corrected chi connectivity index (χ3v) is 6.12. The molecule has 0 aliphatic carbocycles. The summed E-state index contributed by atoms with van der Waals surface area (Å²) in [5.74, 6) is 0.973. The highest BCUT2D eigenvalue weighted by Crippen LogP contribution is 2.19. The highest BCUT2D eigenvalue weighted by Gasteiger charge is 2.30. The lowest BCUT2D eigenvalue weighted by molar-refractivity contribution is -0.130. The molecule has 2 fully saturated rings. The molecule has 3 heterocycles. The van der Waals surface area contributed by atoms with Gasteiger partial charge in [0.15, 0.2) is 5.96 Å². The monoisotopic (exact) mass is 513 g/mol. The molecule has 0 spiro atoms. The van der Waals surface area contributed by atoms with E-state index in [2.05, 4.69) is 38.3 Å². The summed E-state index contributed by atoms with van der Waals surface area (Å²) in [6, 6.07) is 8.96. The Hall–Kier alpha value is -1.39. The number of rotatable bonds is 3. The summed E-state index contributed by atoms with van der Waals surface area (Å²) >= 11 is 0. The molecule has 2 saturated heterocycles. The van der Waals surface area contributed by atoms with Gasteiger partial charge in [-0.05, 0) is 24.0 Å². The maximum Gasteiger partial charge on any atom is 0.242 e. The lowest BCUT2D eigenvalue weighted by Gasteiger charge is -2.32. The van der Waals surface area contributed by atoms with E-state index in [9.17, 15) is 4.79 Å². The molecular weight excluding hydrogens is 481 g/mol. The third kappa shape index (κ3) is 5.40. The van der Waals surface area contributed by atoms with E-state index in [1.807, 2.05) is 11.0 Å². The van der Waals surface area contributed by atoms with Crippen molar-refractivity contribution in [2.24, 2.45) is 4.99 Å². The first kappa shape index (κ1) is 22.3. The Morgan fingerprint density at radius 1 is 1.14 bits per heavy atom. The number of carbonyl (C=O) groups excluding carboxylic acids is 1. The van der Waals surface area contributed by atoms with Gasteiger partial charge in [0, 0.05) is 52.4 Å². The molecule has 1 aromatic rings. The first-order valence-electron chi connectivity index (χ1n) is 10.4. The Morgan fingerprint density at radius 3 is 2.66 bits per heavy atom. The molecule has 29 heavy (non-hydrogen) atoms. The van der Waals surface area contributed by atoms with E-state index in [0.717, 1.165) is 64.7 Å². The van der Waals surface area contributed by atoms with Crippen molar-refractivity contribution in [2.75, 3.05) is 59.5 Å². The zero-order chi connectivity index (χ0) is 19.3. The van der Waals surface area contributed by atoms with Gasteiger partial charge in [0.2, 0.25) is 5.91 Å². The van der Waals surface area contributed by atoms with Gasteiger partial charge in [0.05, 0.1) is 19.8 Å². The van der Waals surface area contributed by atoms with E-state index >= 15 is 0 Å². The molecule has 3 aliphatic rings. The van der Waals surface area contributed by atoms with E-state index in [-0.39, 0.29) is 29.9 Å². The summed E-state index contributed by atoms with van der Waals surface area (Å²) in [6.45, 7) is 7.43. The molecule has 4 rings (SSSR count). The summed E-state index contributed by atoms with van der Waals surface area (Å²) in [6.07, 6.45) is 2.07. The molecule has 1 amide bonds. The Balaban J connectivity index is 0.00000240. The molecule has 160 valence electrons. The van der Waals surface area contributed by atoms with Crippen LogP contribution in [0, 0.1) is 0 Å². The van der Waals surface area contributed by atoms with Crippen LogP contribution < -0.4 is 5.32 Å². The van der Waals surface area contributed by atoms with Crippen molar-refractivity contribution in [1.82, 2.24) is 20.0 Å². The fourth-order valence-electron chi connectivity index (χ4n) is 4.48. The van der Waals surface area contributed by atoms with Gasteiger partial charge < -0.3 is 19.9 Å². The maximum absolute atomic E-state index is 12.7. The van der Waals surface area contributed by atoms with Crippen LogP contribution in [-0.4, -0.2) is 92.1 Å². The minimum absolute atomic E-state index is 0. The van der Waals surface area contributed by atoms with Gasteiger partial charge >= 0.3 is 0 Å². The number of halogens is 1. The molecule has 1 unspecified atom stereocenters. The number of morpholine rings is 1. The molecule has 7 nitrogen and oxygen atoms in total. The highest BCUT2D eigenvalue weighted by molar-refractivity contribution is 14.0. The average Bonchev–Trinajstić information content (AvgIpc) is 3.24. The van der Waals surface area contributed by atoms with E-state index in [1.165, 1.54) is 11.1 Å².